The Morgan fingerprint density at radius 1 is 1.21 bits per heavy atom. The van der Waals surface area contributed by atoms with Crippen LogP contribution in [-0.4, -0.2) is 74.4 Å². The van der Waals surface area contributed by atoms with Gasteiger partial charge in [0.1, 0.15) is 5.60 Å². The van der Waals surface area contributed by atoms with Crippen LogP contribution < -0.4 is 16.0 Å². The van der Waals surface area contributed by atoms with Gasteiger partial charge in [-0.3, -0.25) is 4.99 Å². The zero-order chi connectivity index (χ0) is 21.6. The molecule has 1 aliphatic heterocycles. The molecule has 1 atom stereocenters. The lowest BCUT2D eigenvalue weighted by Crippen LogP contribution is -2.49. The summed E-state index contributed by atoms with van der Waals surface area (Å²) in [6, 6.07) is -0.0771. The summed E-state index contributed by atoms with van der Waals surface area (Å²) in [4.78, 5) is 16.5. The Bertz CT molecular complexity index is 655. The smallest absolute Gasteiger partial charge is 0.408 e. The number of guanidine groups is 1. The topological polar surface area (TPSA) is 112 Å². The van der Waals surface area contributed by atoms with E-state index < -0.39 is 27.3 Å². The standard InChI is InChI=1S/C18H37N5O4S/c1-8-19-15(20-12-14-10-9-11-23(14)28(7,25)26)21-13-18(5,6)22-16(24)27-17(2,3)4/h14H,8-13H2,1-7H3,(H,22,24)(H2,19,20,21)/t14-/m1/s1. The summed E-state index contributed by atoms with van der Waals surface area (Å²) >= 11 is 0. The van der Waals surface area contributed by atoms with Gasteiger partial charge in [-0.25, -0.2) is 13.2 Å². The monoisotopic (exact) mass is 419 g/mol. The first-order chi connectivity index (χ1) is 12.7. The van der Waals surface area contributed by atoms with Crippen molar-refractivity contribution >= 4 is 22.1 Å². The maximum absolute atomic E-state index is 12.0. The second-order valence-electron chi connectivity index (χ2n) is 8.76. The Labute approximate surface area is 169 Å². The molecule has 1 aliphatic rings. The lowest BCUT2D eigenvalue weighted by molar-refractivity contribution is 0.0476. The number of hydrogen-bond donors (Lipinski definition) is 3. The molecule has 1 fully saturated rings. The summed E-state index contributed by atoms with van der Waals surface area (Å²) in [6.07, 6.45) is 2.45. The number of rotatable bonds is 7. The lowest BCUT2D eigenvalue weighted by Gasteiger charge is -2.28. The summed E-state index contributed by atoms with van der Waals surface area (Å²) in [7, 11) is -3.20. The molecule has 0 bridgehead atoms. The third-order valence-corrected chi connectivity index (χ3v) is 5.40. The minimum absolute atomic E-state index is 0.0771. The first-order valence-corrected chi connectivity index (χ1v) is 11.6. The average molecular weight is 420 g/mol. The van der Waals surface area contributed by atoms with Crippen LogP contribution >= 0.6 is 0 Å². The van der Waals surface area contributed by atoms with Gasteiger partial charge in [0, 0.05) is 25.7 Å². The Morgan fingerprint density at radius 3 is 2.39 bits per heavy atom. The van der Waals surface area contributed by atoms with Crippen molar-refractivity contribution in [3.63, 3.8) is 0 Å². The van der Waals surface area contributed by atoms with Crippen LogP contribution in [0, 0.1) is 0 Å². The maximum atomic E-state index is 12.0. The second kappa shape index (κ2) is 9.78. The quantitative estimate of drug-likeness (QED) is 0.423. The molecule has 3 N–H and O–H groups in total. The minimum Gasteiger partial charge on any atom is -0.444 e. The van der Waals surface area contributed by atoms with Crippen molar-refractivity contribution in [3.05, 3.63) is 0 Å². The van der Waals surface area contributed by atoms with E-state index in [2.05, 4.69) is 20.9 Å². The number of nitrogens with zero attached hydrogens (tertiary/aromatic N) is 2. The van der Waals surface area contributed by atoms with Crippen LogP contribution in [0.2, 0.25) is 0 Å². The molecule has 10 heteroatoms. The summed E-state index contributed by atoms with van der Waals surface area (Å²) in [5.41, 5.74) is -1.16. The highest BCUT2D eigenvalue weighted by atomic mass is 32.2. The molecule has 0 aliphatic carbocycles. The Hall–Kier alpha value is -1.55. The summed E-state index contributed by atoms with van der Waals surface area (Å²) < 4.78 is 30.6. The first-order valence-electron chi connectivity index (χ1n) is 9.74. The van der Waals surface area contributed by atoms with Gasteiger partial charge in [-0.15, -0.1) is 0 Å². The fourth-order valence-corrected chi connectivity index (χ4v) is 4.08. The molecule has 1 saturated heterocycles. The fourth-order valence-electron chi connectivity index (χ4n) is 2.90. The number of carbonyl (C=O) groups excluding carboxylic acids is 1. The number of ether oxygens (including phenoxy) is 1. The Balaban J connectivity index is 2.66. The highest BCUT2D eigenvalue weighted by molar-refractivity contribution is 7.88. The predicted molar refractivity (Wildman–Crippen MR) is 112 cm³/mol. The highest BCUT2D eigenvalue weighted by Crippen LogP contribution is 2.19. The van der Waals surface area contributed by atoms with Gasteiger partial charge in [-0.1, -0.05) is 0 Å². The molecule has 0 saturated carbocycles. The third kappa shape index (κ3) is 9.09. The highest BCUT2D eigenvalue weighted by Gasteiger charge is 2.31. The molecule has 9 nitrogen and oxygen atoms in total. The molecular weight excluding hydrogens is 382 g/mol. The lowest BCUT2D eigenvalue weighted by atomic mass is 10.1. The van der Waals surface area contributed by atoms with E-state index >= 15 is 0 Å². The number of hydrogen-bond acceptors (Lipinski definition) is 5. The van der Waals surface area contributed by atoms with Gasteiger partial charge in [0.05, 0.1) is 18.3 Å². The molecule has 0 aromatic carbocycles. The van der Waals surface area contributed by atoms with E-state index in [1.165, 1.54) is 10.6 Å². The average Bonchev–Trinajstić information content (AvgIpc) is 2.96. The molecule has 0 aromatic heterocycles. The van der Waals surface area contributed by atoms with Crippen molar-refractivity contribution in [2.24, 2.45) is 4.99 Å². The van der Waals surface area contributed by atoms with Gasteiger partial charge < -0.3 is 20.7 Å². The van der Waals surface area contributed by atoms with Crippen LogP contribution in [-0.2, 0) is 14.8 Å². The largest absolute Gasteiger partial charge is 0.444 e. The molecular formula is C18H37N5O4S. The zero-order valence-electron chi connectivity index (χ0n) is 18.3. The van der Waals surface area contributed by atoms with E-state index in [0.29, 0.717) is 32.1 Å². The van der Waals surface area contributed by atoms with Crippen molar-refractivity contribution < 1.29 is 17.9 Å². The molecule has 1 amide bonds. The first kappa shape index (κ1) is 24.5. The van der Waals surface area contributed by atoms with E-state index in [4.69, 9.17) is 4.74 Å². The maximum Gasteiger partial charge on any atom is 0.408 e. The van der Waals surface area contributed by atoms with Crippen LogP contribution in [0.5, 0.6) is 0 Å². The van der Waals surface area contributed by atoms with Crippen LogP contribution in [0.25, 0.3) is 0 Å². The molecule has 1 rings (SSSR count). The molecule has 0 spiro atoms. The van der Waals surface area contributed by atoms with E-state index in [1.807, 2.05) is 41.5 Å². The van der Waals surface area contributed by atoms with Gasteiger partial charge in [0.25, 0.3) is 0 Å². The number of sulfonamides is 1. The normalized spacial score (nSPS) is 19.4. The molecule has 1 heterocycles. The van der Waals surface area contributed by atoms with Crippen molar-refractivity contribution in [1.29, 1.82) is 0 Å². The number of nitrogens with one attached hydrogen (secondary N) is 3. The summed E-state index contributed by atoms with van der Waals surface area (Å²) in [6.45, 7) is 13.2. The summed E-state index contributed by atoms with van der Waals surface area (Å²) in [5, 5.41) is 9.19. The van der Waals surface area contributed by atoms with Crippen LogP contribution in [0.4, 0.5) is 4.79 Å². The Morgan fingerprint density at radius 2 is 1.86 bits per heavy atom. The van der Waals surface area contributed by atoms with E-state index in [9.17, 15) is 13.2 Å². The summed E-state index contributed by atoms with van der Waals surface area (Å²) in [5.74, 6) is 0.585. The molecule has 28 heavy (non-hydrogen) atoms. The van der Waals surface area contributed by atoms with Crippen molar-refractivity contribution in [2.75, 3.05) is 32.4 Å². The van der Waals surface area contributed by atoms with E-state index in [-0.39, 0.29) is 6.04 Å². The van der Waals surface area contributed by atoms with Crippen molar-refractivity contribution in [2.45, 2.75) is 71.6 Å². The SMILES string of the molecule is CCNC(=NCC(C)(C)NC(=O)OC(C)(C)C)NC[C@H]1CCCN1S(C)(=O)=O. The van der Waals surface area contributed by atoms with Gasteiger partial charge in [-0.2, -0.15) is 4.31 Å². The van der Waals surface area contributed by atoms with Gasteiger partial charge in [0.15, 0.2) is 5.96 Å². The molecule has 0 aromatic rings. The predicted octanol–water partition coefficient (Wildman–Crippen LogP) is 1.27. The minimum atomic E-state index is -3.20. The van der Waals surface area contributed by atoms with Gasteiger partial charge >= 0.3 is 6.09 Å². The van der Waals surface area contributed by atoms with E-state index in [1.54, 1.807) is 0 Å². The number of carbonyl (C=O) groups is 1. The fraction of sp³-hybridized carbons (Fsp3) is 0.889. The zero-order valence-corrected chi connectivity index (χ0v) is 19.1. The van der Waals surface area contributed by atoms with Crippen LogP contribution in [0.1, 0.15) is 54.4 Å². The third-order valence-electron chi connectivity index (χ3n) is 4.07. The van der Waals surface area contributed by atoms with Crippen LogP contribution in [0.3, 0.4) is 0 Å². The van der Waals surface area contributed by atoms with Crippen molar-refractivity contribution in [1.82, 2.24) is 20.3 Å². The Kier molecular flexibility index (Phi) is 8.55. The second-order valence-corrected chi connectivity index (χ2v) is 10.7. The van der Waals surface area contributed by atoms with Crippen LogP contribution in [0.15, 0.2) is 4.99 Å². The van der Waals surface area contributed by atoms with E-state index in [0.717, 1.165) is 12.8 Å². The van der Waals surface area contributed by atoms with Gasteiger partial charge in [0.2, 0.25) is 10.0 Å². The molecule has 0 unspecified atom stereocenters. The molecule has 164 valence electrons. The van der Waals surface area contributed by atoms with Gasteiger partial charge in [-0.05, 0) is 54.4 Å². The number of alkyl carbamates (subject to hydrolysis) is 1. The molecule has 0 radical (unpaired) electrons. The number of aliphatic imine (C=N–C) groups is 1. The van der Waals surface area contributed by atoms with Crippen molar-refractivity contribution in [3.8, 4) is 0 Å². The number of amides is 1.